The number of halogens is 3. The predicted molar refractivity (Wildman–Crippen MR) is 90.1 cm³/mol. The van der Waals surface area contributed by atoms with Gasteiger partial charge in [-0.25, -0.2) is 4.79 Å². The van der Waals surface area contributed by atoms with Crippen molar-refractivity contribution >= 4 is 58.1 Å². The molecule has 118 valence electrons. The van der Waals surface area contributed by atoms with Crippen LogP contribution in [0.5, 0.6) is 0 Å². The van der Waals surface area contributed by atoms with Gasteiger partial charge in [-0.05, 0) is 35.9 Å². The summed E-state index contributed by atoms with van der Waals surface area (Å²) in [6.45, 7) is 0. The van der Waals surface area contributed by atoms with Crippen LogP contribution in [0, 0.1) is 10.1 Å². The van der Waals surface area contributed by atoms with E-state index in [-0.39, 0.29) is 21.2 Å². The Labute approximate surface area is 145 Å². The first-order valence-corrected chi connectivity index (χ1v) is 7.27. The van der Waals surface area contributed by atoms with E-state index in [4.69, 9.17) is 34.8 Å². The summed E-state index contributed by atoms with van der Waals surface area (Å²) >= 11 is 17.5. The summed E-state index contributed by atoms with van der Waals surface area (Å²) in [4.78, 5) is 22.0. The number of carboxylic acid groups (broad SMARTS) is 1. The summed E-state index contributed by atoms with van der Waals surface area (Å²) in [6.07, 6.45) is 1.29. The molecule has 0 saturated carbocycles. The van der Waals surface area contributed by atoms with Crippen LogP contribution in [0.15, 0.2) is 36.4 Å². The van der Waals surface area contributed by atoms with Crippen LogP contribution in [0.25, 0.3) is 11.6 Å². The quantitative estimate of drug-likeness (QED) is 0.347. The van der Waals surface area contributed by atoms with Crippen LogP contribution in [0.3, 0.4) is 0 Å². The molecule has 0 aromatic heterocycles. The van der Waals surface area contributed by atoms with Crippen molar-refractivity contribution in [2.24, 2.45) is 0 Å². The Bertz CT molecular complexity index is 816. The van der Waals surface area contributed by atoms with E-state index in [2.05, 4.69) is 0 Å². The fourth-order valence-electron chi connectivity index (χ4n) is 1.94. The van der Waals surface area contributed by atoms with Gasteiger partial charge in [0.1, 0.15) is 5.02 Å². The molecule has 0 saturated heterocycles. The van der Waals surface area contributed by atoms with Gasteiger partial charge in [-0.1, -0.05) is 46.9 Å². The minimum atomic E-state index is -1.35. The van der Waals surface area contributed by atoms with Crippen molar-refractivity contribution < 1.29 is 14.8 Å². The Balaban J connectivity index is 2.70. The highest BCUT2D eigenvalue weighted by Crippen LogP contribution is 2.37. The minimum Gasteiger partial charge on any atom is -0.478 e. The average molecular weight is 373 g/mol. The monoisotopic (exact) mass is 371 g/mol. The number of nitrogens with zero attached hydrogens (tertiary/aromatic N) is 1. The second-order valence-corrected chi connectivity index (χ2v) is 5.74. The molecule has 23 heavy (non-hydrogen) atoms. The Morgan fingerprint density at radius 1 is 1.09 bits per heavy atom. The van der Waals surface area contributed by atoms with E-state index in [0.29, 0.717) is 10.6 Å². The molecule has 0 atom stereocenters. The van der Waals surface area contributed by atoms with E-state index in [1.54, 1.807) is 24.3 Å². The highest BCUT2D eigenvalue weighted by molar-refractivity contribution is 6.37. The van der Waals surface area contributed by atoms with Crippen molar-refractivity contribution in [1.82, 2.24) is 0 Å². The summed E-state index contributed by atoms with van der Waals surface area (Å²) in [6, 6.07) is 8.71. The number of hydrogen-bond acceptors (Lipinski definition) is 3. The van der Waals surface area contributed by atoms with Crippen molar-refractivity contribution in [3.63, 3.8) is 0 Å². The van der Waals surface area contributed by atoms with Crippen molar-refractivity contribution in [2.45, 2.75) is 0 Å². The standard InChI is InChI=1S/C15H8Cl3NO4/c16-9-3-1-8(2-4-9)5-12(15(20)21)11-6-10(17)7-13(18)14(11)19(22)23/h1-7H,(H,20,21)/b12-5+. The Kier molecular flexibility index (Phi) is 5.26. The first-order valence-electron chi connectivity index (χ1n) is 6.14. The molecule has 5 nitrogen and oxygen atoms in total. The molecule has 0 radical (unpaired) electrons. The molecule has 8 heteroatoms. The molecule has 0 heterocycles. The summed E-state index contributed by atoms with van der Waals surface area (Å²) in [7, 11) is 0. The zero-order valence-corrected chi connectivity index (χ0v) is 13.6. The maximum absolute atomic E-state index is 11.6. The molecule has 2 aromatic carbocycles. The lowest BCUT2D eigenvalue weighted by atomic mass is 10.0. The molecule has 0 aliphatic heterocycles. The highest BCUT2D eigenvalue weighted by Gasteiger charge is 2.26. The van der Waals surface area contributed by atoms with Crippen LogP contribution in [0.4, 0.5) is 5.69 Å². The molecule has 0 bridgehead atoms. The third kappa shape index (κ3) is 4.01. The first-order chi connectivity index (χ1) is 10.8. The highest BCUT2D eigenvalue weighted by atomic mass is 35.5. The topological polar surface area (TPSA) is 80.4 Å². The number of nitro groups is 1. The Morgan fingerprint density at radius 3 is 2.22 bits per heavy atom. The van der Waals surface area contributed by atoms with Crippen LogP contribution in [-0.2, 0) is 4.79 Å². The van der Waals surface area contributed by atoms with Crippen LogP contribution in [0.2, 0.25) is 15.1 Å². The van der Waals surface area contributed by atoms with E-state index in [9.17, 15) is 20.0 Å². The van der Waals surface area contributed by atoms with Crippen LogP contribution < -0.4 is 0 Å². The maximum atomic E-state index is 11.6. The van der Waals surface area contributed by atoms with Crippen molar-refractivity contribution in [3.05, 3.63) is 72.7 Å². The molecule has 0 aliphatic carbocycles. The SMILES string of the molecule is O=C(O)/C(=C/c1ccc(Cl)cc1)c1cc(Cl)cc(Cl)c1[N+](=O)[O-]. The number of aliphatic carboxylic acids is 1. The molecule has 0 amide bonds. The fourth-order valence-corrected chi connectivity index (χ4v) is 2.63. The molecular formula is C15H8Cl3NO4. The predicted octanol–water partition coefficient (Wildman–Crippen LogP) is 5.18. The lowest BCUT2D eigenvalue weighted by Crippen LogP contribution is -2.04. The van der Waals surface area contributed by atoms with Gasteiger partial charge in [-0.3, -0.25) is 10.1 Å². The van der Waals surface area contributed by atoms with Gasteiger partial charge in [0.05, 0.1) is 16.1 Å². The molecule has 1 N–H and O–H groups in total. The number of nitro benzene ring substituents is 1. The molecule has 2 aromatic rings. The Morgan fingerprint density at radius 2 is 1.70 bits per heavy atom. The second kappa shape index (κ2) is 7.00. The lowest BCUT2D eigenvalue weighted by Gasteiger charge is -2.07. The number of rotatable bonds is 4. The van der Waals surface area contributed by atoms with E-state index >= 15 is 0 Å². The maximum Gasteiger partial charge on any atom is 0.336 e. The molecular weight excluding hydrogens is 365 g/mol. The summed E-state index contributed by atoms with van der Waals surface area (Å²) in [5.41, 5.74) is -0.478. The van der Waals surface area contributed by atoms with Crippen molar-refractivity contribution in [3.8, 4) is 0 Å². The van der Waals surface area contributed by atoms with Gasteiger partial charge < -0.3 is 5.11 Å². The number of benzene rings is 2. The second-order valence-electron chi connectivity index (χ2n) is 4.46. The first kappa shape index (κ1) is 17.3. The zero-order valence-electron chi connectivity index (χ0n) is 11.3. The summed E-state index contributed by atoms with van der Waals surface area (Å²) < 4.78 is 0. The third-order valence-corrected chi connectivity index (χ3v) is 3.67. The summed E-state index contributed by atoms with van der Waals surface area (Å²) in [5.74, 6) is -1.35. The van der Waals surface area contributed by atoms with Gasteiger partial charge >= 0.3 is 5.97 Å². The van der Waals surface area contributed by atoms with Gasteiger partial charge in [0.25, 0.3) is 5.69 Å². The van der Waals surface area contributed by atoms with Crippen LogP contribution in [0.1, 0.15) is 11.1 Å². The molecule has 0 aliphatic rings. The van der Waals surface area contributed by atoms with Gasteiger partial charge in [0, 0.05) is 10.0 Å². The van der Waals surface area contributed by atoms with E-state index in [0.717, 1.165) is 0 Å². The van der Waals surface area contributed by atoms with E-state index < -0.39 is 16.6 Å². The van der Waals surface area contributed by atoms with Crippen LogP contribution in [-0.4, -0.2) is 16.0 Å². The third-order valence-electron chi connectivity index (χ3n) is 2.91. The summed E-state index contributed by atoms with van der Waals surface area (Å²) in [5, 5.41) is 21.0. The van der Waals surface area contributed by atoms with Gasteiger partial charge in [-0.15, -0.1) is 0 Å². The van der Waals surface area contributed by atoms with E-state index in [1.807, 2.05) is 0 Å². The lowest BCUT2D eigenvalue weighted by molar-refractivity contribution is -0.385. The molecule has 0 unspecified atom stereocenters. The molecule has 0 spiro atoms. The smallest absolute Gasteiger partial charge is 0.336 e. The van der Waals surface area contributed by atoms with Gasteiger partial charge in [0.15, 0.2) is 0 Å². The largest absolute Gasteiger partial charge is 0.478 e. The normalized spacial score (nSPS) is 11.3. The molecule has 0 fully saturated rings. The van der Waals surface area contributed by atoms with Crippen LogP contribution >= 0.6 is 34.8 Å². The average Bonchev–Trinajstić information content (AvgIpc) is 2.44. The van der Waals surface area contributed by atoms with Gasteiger partial charge in [0.2, 0.25) is 0 Å². The zero-order chi connectivity index (χ0) is 17.1. The number of carbonyl (C=O) groups is 1. The Hall–Kier alpha value is -2.08. The molecule has 2 rings (SSSR count). The van der Waals surface area contributed by atoms with E-state index in [1.165, 1.54) is 18.2 Å². The number of hydrogen-bond donors (Lipinski definition) is 1. The van der Waals surface area contributed by atoms with Crippen molar-refractivity contribution in [1.29, 1.82) is 0 Å². The minimum absolute atomic E-state index is 0.0962. The van der Waals surface area contributed by atoms with Gasteiger partial charge in [-0.2, -0.15) is 0 Å². The fraction of sp³-hybridized carbons (Fsp3) is 0. The van der Waals surface area contributed by atoms with Crippen molar-refractivity contribution in [2.75, 3.05) is 0 Å². The number of carboxylic acids is 1.